The Hall–Kier alpha value is -3.99. The van der Waals surface area contributed by atoms with E-state index in [1.54, 1.807) is 4.52 Å². The molecule has 0 radical (unpaired) electrons. The van der Waals surface area contributed by atoms with Crippen molar-refractivity contribution in [1.29, 1.82) is 0 Å². The van der Waals surface area contributed by atoms with E-state index in [0.717, 1.165) is 74.1 Å². The van der Waals surface area contributed by atoms with Crippen molar-refractivity contribution in [3.8, 4) is 6.01 Å². The number of nitrogens with one attached hydrogen (secondary N) is 4. The standard InChI is InChI=1S/C30H40N8O3/c1-4-26(39)34-22-10-8-21(9-11-22)28(40)35-23-7-5-6-20(16-23)17-32-29-37-30(41-24-12-14-31-15-13-24)36-27-25(19(2)3)18-33-38(27)29/h4-7,16,18-19,21-22,24,31H,1,8-15,17H2,2-3H3,(H,34,39)(H,35,40)(H,32,36,37)/t21-,22+. The predicted molar refractivity (Wildman–Crippen MR) is 158 cm³/mol. The number of hydrogen-bond donors (Lipinski definition) is 4. The number of rotatable bonds is 10. The lowest BCUT2D eigenvalue weighted by atomic mass is 9.85. The molecule has 11 heteroatoms. The first-order chi connectivity index (χ1) is 19.9. The average Bonchev–Trinajstić information content (AvgIpc) is 3.41. The quantitative estimate of drug-likeness (QED) is 0.275. The minimum absolute atomic E-state index is 0.0126. The molecule has 0 atom stereocenters. The highest BCUT2D eigenvalue weighted by Crippen LogP contribution is 2.27. The van der Waals surface area contributed by atoms with E-state index in [9.17, 15) is 9.59 Å². The van der Waals surface area contributed by atoms with Gasteiger partial charge in [-0.1, -0.05) is 32.6 Å². The van der Waals surface area contributed by atoms with Crippen molar-refractivity contribution in [2.75, 3.05) is 23.7 Å². The molecule has 0 spiro atoms. The van der Waals surface area contributed by atoms with Crippen LogP contribution in [0.5, 0.6) is 6.01 Å². The number of amides is 2. The highest BCUT2D eigenvalue weighted by molar-refractivity contribution is 5.92. The van der Waals surface area contributed by atoms with Crippen LogP contribution in [0.1, 0.15) is 69.4 Å². The number of carbonyl (C=O) groups excluding carboxylic acids is 2. The minimum atomic E-state index is -0.163. The van der Waals surface area contributed by atoms with E-state index in [1.807, 2.05) is 30.5 Å². The zero-order valence-electron chi connectivity index (χ0n) is 23.9. The summed E-state index contributed by atoms with van der Waals surface area (Å²) in [6.45, 7) is 10.1. The molecule has 4 N–H and O–H groups in total. The number of carbonyl (C=O) groups is 2. The molecule has 2 fully saturated rings. The SMILES string of the molecule is C=CC(=O)N[C@H]1CC[C@@H](C(=O)Nc2cccc(CNc3nc(OC4CCNCC4)nc4c(C(C)C)cnn34)c2)CC1. The number of hydrogen-bond acceptors (Lipinski definition) is 8. The predicted octanol–water partition coefficient (Wildman–Crippen LogP) is 3.79. The molecular weight excluding hydrogens is 520 g/mol. The van der Waals surface area contributed by atoms with Crippen molar-refractivity contribution in [2.45, 2.75) is 77.0 Å². The second-order valence-electron chi connectivity index (χ2n) is 11.2. The van der Waals surface area contributed by atoms with E-state index in [1.165, 1.54) is 6.08 Å². The number of piperidine rings is 1. The largest absolute Gasteiger partial charge is 0.460 e. The number of anilines is 2. The summed E-state index contributed by atoms with van der Waals surface area (Å²) in [4.78, 5) is 33.9. The zero-order valence-corrected chi connectivity index (χ0v) is 23.9. The van der Waals surface area contributed by atoms with E-state index >= 15 is 0 Å². The summed E-state index contributed by atoms with van der Waals surface area (Å²) in [5, 5.41) is 17.3. The Morgan fingerprint density at radius 2 is 1.93 bits per heavy atom. The molecule has 218 valence electrons. The molecule has 1 saturated carbocycles. The summed E-state index contributed by atoms with van der Waals surface area (Å²) in [5.74, 6) is 0.586. The van der Waals surface area contributed by atoms with Crippen molar-refractivity contribution in [3.63, 3.8) is 0 Å². The van der Waals surface area contributed by atoms with Crippen molar-refractivity contribution in [1.82, 2.24) is 30.2 Å². The number of nitrogens with zero attached hydrogens (tertiary/aromatic N) is 4. The maximum atomic E-state index is 13.0. The van der Waals surface area contributed by atoms with Crippen LogP contribution in [0.3, 0.4) is 0 Å². The molecule has 1 aliphatic heterocycles. The Labute approximate surface area is 240 Å². The Morgan fingerprint density at radius 1 is 1.15 bits per heavy atom. The summed E-state index contributed by atoms with van der Waals surface area (Å²) >= 11 is 0. The monoisotopic (exact) mass is 560 g/mol. The van der Waals surface area contributed by atoms with Crippen LogP contribution in [-0.2, 0) is 16.1 Å². The molecule has 2 aromatic heterocycles. The van der Waals surface area contributed by atoms with Crippen LogP contribution in [0.4, 0.5) is 11.6 Å². The molecular formula is C30H40N8O3. The summed E-state index contributed by atoms with van der Waals surface area (Å²) in [6.07, 6.45) is 8.08. The molecule has 1 aliphatic carbocycles. The van der Waals surface area contributed by atoms with Crippen molar-refractivity contribution >= 4 is 29.1 Å². The van der Waals surface area contributed by atoms with Gasteiger partial charge in [0.1, 0.15) is 6.10 Å². The first-order valence-corrected chi connectivity index (χ1v) is 14.6. The highest BCUT2D eigenvalue weighted by Gasteiger charge is 2.27. The van der Waals surface area contributed by atoms with Gasteiger partial charge in [-0.05, 0) is 81.3 Å². The second-order valence-corrected chi connectivity index (χ2v) is 11.2. The third-order valence-corrected chi connectivity index (χ3v) is 7.83. The van der Waals surface area contributed by atoms with Gasteiger partial charge in [-0.3, -0.25) is 9.59 Å². The second kappa shape index (κ2) is 13.1. The third-order valence-electron chi connectivity index (χ3n) is 7.83. The van der Waals surface area contributed by atoms with Gasteiger partial charge in [0.05, 0.1) is 6.20 Å². The van der Waals surface area contributed by atoms with Crippen molar-refractivity contribution < 1.29 is 14.3 Å². The molecule has 3 heterocycles. The van der Waals surface area contributed by atoms with E-state index in [0.29, 0.717) is 18.5 Å². The maximum absolute atomic E-state index is 13.0. The number of benzene rings is 1. The summed E-state index contributed by atoms with van der Waals surface area (Å²) in [7, 11) is 0. The molecule has 0 bridgehead atoms. The van der Waals surface area contributed by atoms with Crippen LogP contribution >= 0.6 is 0 Å². The summed E-state index contributed by atoms with van der Waals surface area (Å²) in [6, 6.07) is 8.25. The van der Waals surface area contributed by atoms with E-state index in [4.69, 9.17) is 9.72 Å². The zero-order chi connectivity index (χ0) is 28.8. The van der Waals surface area contributed by atoms with Gasteiger partial charge in [0.2, 0.25) is 17.8 Å². The Balaban J connectivity index is 1.24. The minimum Gasteiger partial charge on any atom is -0.460 e. The lowest BCUT2D eigenvalue weighted by molar-refractivity contribution is -0.121. The van der Waals surface area contributed by atoms with Crippen LogP contribution in [0.2, 0.25) is 0 Å². The van der Waals surface area contributed by atoms with Crippen LogP contribution < -0.4 is 26.0 Å². The normalized spacial score (nSPS) is 19.6. The van der Waals surface area contributed by atoms with Crippen molar-refractivity contribution in [3.05, 3.63) is 54.2 Å². The number of aromatic nitrogens is 4. The molecule has 41 heavy (non-hydrogen) atoms. The third kappa shape index (κ3) is 7.21. The van der Waals surface area contributed by atoms with Gasteiger partial charge in [0, 0.05) is 29.8 Å². The van der Waals surface area contributed by atoms with Gasteiger partial charge in [-0.15, -0.1) is 0 Å². The van der Waals surface area contributed by atoms with Gasteiger partial charge >= 0.3 is 6.01 Å². The van der Waals surface area contributed by atoms with E-state index < -0.39 is 0 Å². The molecule has 1 saturated heterocycles. The molecule has 0 unspecified atom stereocenters. The Morgan fingerprint density at radius 3 is 2.66 bits per heavy atom. The van der Waals surface area contributed by atoms with Crippen LogP contribution in [0.25, 0.3) is 5.65 Å². The summed E-state index contributed by atoms with van der Waals surface area (Å²) < 4.78 is 7.92. The molecule has 1 aromatic carbocycles. The Kier molecular flexibility index (Phi) is 9.13. The van der Waals surface area contributed by atoms with Crippen LogP contribution in [-0.4, -0.2) is 56.6 Å². The smallest absolute Gasteiger partial charge is 0.322 e. The number of fused-ring (bicyclic) bond motifs is 1. The van der Waals surface area contributed by atoms with Gasteiger partial charge in [0.25, 0.3) is 0 Å². The van der Waals surface area contributed by atoms with E-state index in [-0.39, 0.29) is 35.8 Å². The molecule has 5 rings (SSSR count). The lowest BCUT2D eigenvalue weighted by Gasteiger charge is -2.28. The van der Waals surface area contributed by atoms with Crippen molar-refractivity contribution in [2.24, 2.45) is 5.92 Å². The summed E-state index contributed by atoms with van der Waals surface area (Å²) in [5.41, 5.74) is 3.51. The fraction of sp³-hybridized carbons (Fsp3) is 0.500. The first kappa shape index (κ1) is 28.5. The van der Waals surface area contributed by atoms with Gasteiger partial charge in [-0.25, -0.2) is 0 Å². The lowest BCUT2D eigenvalue weighted by Crippen LogP contribution is -2.38. The van der Waals surface area contributed by atoms with Gasteiger partial charge in [-0.2, -0.15) is 19.6 Å². The fourth-order valence-corrected chi connectivity index (χ4v) is 5.46. The topological polar surface area (TPSA) is 135 Å². The van der Waals surface area contributed by atoms with Gasteiger partial charge in [0.15, 0.2) is 5.65 Å². The number of ether oxygens (including phenoxy) is 1. The van der Waals surface area contributed by atoms with Crippen LogP contribution in [0, 0.1) is 5.92 Å². The van der Waals surface area contributed by atoms with Gasteiger partial charge < -0.3 is 26.0 Å². The molecule has 3 aromatic rings. The first-order valence-electron chi connectivity index (χ1n) is 14.6. The van der Waals surface area contributed by atoms with E-state index in [2.05, 4.69) is 51.8 Å². The molecule has 11 nitrogen and oxygen atoms in total. The highest BCUT2D eigenvalue weighted by atomic mass is 16.5. The maximum Gasteiger partial charge on any atom is 0.322 e. The molecule has 2 amide bonds. The van der Waals surface area contributed by atoms with Crippen LogP contribution in [0.15, 0.2) is 43.1 Å². The average molecular weight is 561 g/mol. The molecule has 2 aliphatic rings. The Bertz CT molecular complexity index is 1370. The fourth-order valence-electron chi connectivity index (χ4n) is 5.46.